The average molecular weight is 621 g/mol. The Hall–Kier alpha value is -2.74. The molecule has 1 heterocycles. The van der Waals surface area contributed by atoms with Crippen molar-refractivity contribution < 1.29 is 23.8 Å². The molecule has 2 unspecified atom stereocenters. The van der Waals surface area contributed by atoms with Crippen LogP contribution in [-0.4, -0.2) is 30.4 Å². The summed E-state index contributed by atoms with van der Waals surface area (Å²) in [7, 11) is 1.60. The van der Waals surface area contributed by atoms with Crippen LogP contribution in [0.3, 0.4) is 0 Å². The van der Waals surface area contributed by atoms with E-state index < -0.39 is 17.9 Å². The summed E-state index contributed by atoms with van der Waals surface area (Å²) >= 11 is 15.6. The van der Waals surface area contributed by atoms with Gasteiger partial charge in [-0.25, -0.2) is 0 Å². The molecule has 0 N–H and O–H groups in total. The standard InChI is InChI=1S/C29H28BrCl2NO5/c1-3-4-13-33-27(34)16-23(28(33)18-6-9-21(36-2)10-7-18)29(35)37-17-19-5-8-20(30)14-26(19)38-22-11-12-24(31)25(32)15-22/h5-12,14-15,23,28H,3-4,13,16-17H2,1-2H3. The third-order valence-electron chi connectivity index (χ3n) is 6.46. The SMILES string of the molecule is CCCCN1C(=O)CC(C(=O)OCc2ccc(Br)cc2Oc2ccc(Cl)c(Cl)c2)C1c1ccc(OC)cc1. The van der Waals surface area contributed by atoms with E-state index in [1.54, 1.807) is 36.3 Å². The lowest BCUT2D eigenvalue weighted by atomic mass is 9.93. The van der Waals surface area contributed by atoms with Crippen molar-refractivity contribution >= 4 is 51.0 Å². The van der Waals surface area contributed by atoms with Crippen molar-refractivity contribution in [3.63, 3.8) is 0 Å². The number of carbonyl (C=O) groups excluding carboxylic acids is 2. The molecule has 1 amide bonds. The number of benzene rings is 3. The van der Waals surface area contributed by atoms with Crippen LogP contribution in [0.15, 0.2) is 65.1 Å². The molecule has 0 aliphatic carbocycles. The zero-order chi connectivity index (χ0) is 27.2. The Morgan fingerprint density at radius 2 is 1.76 bits per heavy atom. The fourth-order valence-corrected chi connectivity index (χ4v) is 5.10. The molecule has 0 bridgehead atoms. The number of ether oxygens (including phenoxy) is 3. The summed E-state index contributed by atoms with van der Waals surface area (Å²) in [6.45, 7) is 2.65. The third-order valence-corrected chi connectivity index (χ3v) is 7.69. The first-order valence-electron chi connectivity index (χ1n) is 12.3. The summed E-state index contributed by atoms with van der Waals surface area (Å²) in [4.78, 5) is 28.2. The molecule has 0 aromatic heterocycles. The van der Waals surface area contributed by atoms with E-state index in [0.29, 0.717) is 39.4 Å². The summed E-state index contributed by atoms with van der Waals surface area (Å²) in [5.74, 6) is 0.613. The van der Waals surface area contributed by atoms with Gasteiger partial charge in [-0.15, -0.1) is 0 Å². The van der Waals surface area contributed by atoms with Gasteiger partial charge in [0.05, 0.1) is 29.1 Å². The highest BCUT2D eigenvalue weighted by Gasteiger charge is 2.45. The average Bonchev–Trinajstić information content (AvgIpc) is 3.24. The Morgan fingerprint density at radius 1 is 1.03 bits per heavy atom. The molecule has 0 spiro atoms. The number of nitrogens with zero attached hydrogens (tertiary/aromatic N) is 1. The van der Waals surface area contributed by atoms with Crippen LogP contribution in [-0.2, 0) is 20.9 Å². The van der Waals surface area contributed by atoms with E-state index >= 15 is 0 Å². The van der Waals surface area contributed by atoms with Crippen molar-refractivity contribution in [1.29, 1.82) is 0 Å². The van der Waals surface area contributed by atoms with Crippen LogP contribution in [0.4, 0.5) is 0 Å². The van der Waals surface area contributed by atoms with Gasteiger partial charge in [0, 0.05) is 29.1 Å². The molecule has 2 atom stereocenters. The van der Waals surface area contributed by atoms with Crippen molar-refractivity contribution in [3.8, 4) is 17.2 Å². The van der Waals surface area contributed by atoms with Gasteiger partial charge >= 0.3 is 5.97 Å². The minimum atomic E-state index is -0.623. The Labute approximate surface area is 240 Å². The molecule has 3 aromatic carbocycles. The van der Waals surface area contributed by atoms with Gasteiger partial charge in [0.25, 0.3) is 0 Å². The first-order valence-corrected chi connectivity index (χ1v) is 13.9. The topological polar surface area (TPSA) is 65.1 Å². The minimum Gasteiger partial charge on any atom is -0.497 e. The van der Waals surface area contributed by atoms with Crippen LogP contribution in [0.2, 0.25) is 10.0 Å². The van der Waals surface area contributed by atoms with E-state index in [1.807, 2.05) is 36.4 Å². The summed E-state index contributed by atoms with van der Waals surface area (Å²) in [6.07, 6.45) is 1.90. The van der Waals surface area contributed by atoms with Gasteiger partial charge in [0.15, 0.2) is 0 Å². The van der Waals surface area contributed by atoms with E-state index in [-0.39, 0.29) is 18.9 Å². The third kappa shape index (κ3) is 6.63. The second-order valence-corrected chi connectivity index (χ2v) is 10.7. The number of amides is 1. The normalized spacial score (nSPS) is 17.0. The molecule has 1 aliphatic rings. The Bertz CT molecular complexity index is 1300. The Balaban J connectivity index is 1.53. The van der Waals surface area contributed by atoms with Crippen molar-refractivity contribution in [3.05, 3.63) is 86.3 Å². The Kier molecular flexibility index (Phi) is 9.58. The zero-order valence-electron chi connectivity index (χ0n) is 21.1. The smallest absolute Gasteiger partial charge is 0.312 e. The van der Waals surface area contributed by atoms with Gasteiger partial charge in [0.2, 0.25) is 5.91 Å². The van der Waals surface area contributed by atoms with Crippen LogP contribution in [0.25, 0.3) is 0 Å². The van der Waals surface area contributed by atoms with Crippen LogP contribution >= 0.6 is 39.1 Å². The van der Waals surface area contributed by atoms with Crippen molar-refractivity contribution in [2.24, 2.45) is 5.92 Å². The zero-order valence-corrected chi connectivity index (χ0v) is 24.2. The van der Waals surface area contributed by atoms with E-state index in [9.17, 15) is 9.59 Å². The molecule has 4 rings (SSSR count). The van der Waals surface area contributed by atoms with E-state index in [2.05, 4.69) is 22.9 Å². The molecular formula is C29H28BrCl2NO5. The quantitative estimate of drug-likeness (QED) is 0.215. The number of halogens is 3. The van der Waals surface area contributed by atoms with Crippen LogP contribution in [0.5, 0.6) is 17.2 Å². The Morgan fingerprint density at radius 3 is 2.45 bits per heavy atom. The number of unbranched alkanes of at least 4 members (excludes halogenated alkanes) is 1. The predicted octanol–water partition coefficient (Wildman–Crippen LogP) is 7.99. The molecule has 1 aliphatic heterocycles. The first-order chi connectivity index (χ1) is 18.3. The fraction of sp³-hybridized carbons (Fsp3) is 0.310. The molecule has 3 aromatic rings. The van der Waals surface area contributed by atoms with E-state index in [1.165, 1.54) is 0 Å². The van der Waals surface area contributed by atoms with Gasteiger partial charge in [-0.3, -0.25) is 9.59 Å². The van der Waals surface area contributed by atoms with Crippen LogP contribution in [0.1, 0.15) is 43.4 Å². The first kappa shape index (κ1) is 28.3. The highest BCUT2D eigenvalue weighted by molar-refractivity contribution is 9.10. The molecule has 0 saturated carbocycles. The number of likely N-dealkylation sites (tertiary alicyclic amines) is 1. The summed E-state index contributed by atoms with van der Waals surface area (Å²) in [6, 6.07) is 17.5. The monoisotopic (exact) mass is 619 g/mol. The second kappa shape index (κ2) is 12.9. The highest BCUT2D eigenvalue weighted by atomic mass is 79.9. The van der Waals surface area contributed by atoms with Gasteiger partial charge in [0.1, 0.15) is 23.9 Å². The predicted molar refractivity (Wildman–Crippen MR) is 151 cm³/mol. The van der Waals surface area contributed by atoms with Gasteiger partial charge in [-0.1, -0.05) is 70.7 Å². The van der Waals surface area contributed by atoms with Crippen molar-refractivity contribution in [2.75, 3.05) is 13.7 Å². The lowest BCUT2D eigenvalue weighted by Gasteiger charge is -2.28. The van der Waals surface area contributed by atoms with E-state index in [4.69, 9.17) is 37.4 Å². The molecule has 0 radical (unpaired) electrons. The van der Waals surface area contributed by atoms with Crippen molar-refractivity contribution in [1.82, 2.24) is 4.90 Å². The fourth-order valence-electron chi connectivity index (χ4n) is 4.47. The summed E-state index contributed by atoms with van der Waals surface area (Å²) in [5, 5.41) is 0.795. The number of rotatable bonds is 10. The molecule has 6 nitrogen and oxygen atoms in total. The number of hydrogen-bond acceptors (Lipinski definition) is 5. The maximum absolute atomic E-state index is 13.4. The largest absolute Gasteiger partial charge is 0.497 e. The van der Waals surface area contributed by atoms with Gasteiger partial charge in [-0.2, -0.15) is 0 Å². The number of carbonyl (C=O) groups is 2. The minimum absolute atomic E-state index is 0.0161. The van der Waals surface area contributed by atoms with Crippen LogP contribution in [0, 0.1) is 5.92 Å². The number of methoxy groups -OCH3 is 1. The molecule has 200 valence electrons. The van der Waals surface area contributed by atoms with Crippen molar-refractivity contribution in [2.45, 2.75) is 38.8 Å². The van der Waals surface area contributed by atoms with Gasteiger partial charge < -0.3 is 19.1 Å². The lowest BCUT2D eigenvalue weighted by molar-refractivity contribution is -0.151. The summed E-state index contributed by atoms with van der Waals surface area (Å²) in [5.41, 5.74) is 1.54. The lowest BCUT2D eigenvalue weighted by Crippen LogP contribution is -2.32. The molecule has 38 heavy (non-hydrogen) atoms. The maximum atomic E-state index is 13.4. The van der Waals surface area contributed by atoms with E-state index in [0.717, 1.165) is 22.9 Å². The molecule has 1 saturated heterocycles. The maximum Gasteiger partial charge on any atom is 0.312 e. The molecular weight excluding hydrogens is 593 g/mol. The van der Waals surface area contributed by atoms with Gasteiger partial charge in [-0.05, 0) is 48.4 Å². The number of hydrogen-bond donors (Lipinski definition) is 0. The highest BCUT2D eigenvalue weighted by Crippen LogP contribution is 2.40. The molecule has 1 fully saturated rings. The second-order valence-electron chi connectivity index (χ2n) is 9.01. The van der Waals surface area contributed by atoms with Crippen LogP contribution < -0.4 is 9.47 Å². The number of esters is 1. The summed E-state index contributed by atoms with van der Waals surface area (Å²) < 4.78 is 17.9. The molecule has 9 heteroatoms.